The van der Waals surface area contributed by atoms with E-state index in [4.69, 9.17) is 0 Å². The Balaban J connectivity index is 2.10. The molecule has 0 radical (unpaired) electrons. The van der Waals surface area contributed by atoms with Crippen molar-refractivity contribution in [1.29, 1.82) is 0 Å². The van der Waals surface area contributed by atoms with Gasteiger partial charge in [0.1, 0.15) is 0 Å². The van der Waals surface area contributed by atoms with Crippen LogP contribution >= 0.6 is 38.6 Å². The van der Waals surface area contributed by atoms with Crippen molar-refractivity contribution in [2.45, 2.75) is 32.9 Å². The molecule has 0 saturated carbocycles. The minimum absolute atomic E-state index is 0.385. The van der Waals surface area contributed by atoms with Crippen molar-refractivity contribution >= 4 is 38.6 Å². The van der Waals surface area contributed by atoms with E-state index in [0.29, 0.717) is 18.0 Å². The summed E-state index contributed by atoms with van der Waals surface area (Å²) in [6, 6.07) is 9.48. The Morgan fingerprint density at radius 3 is 2.39 bits per heavy atom. The van der Waals surface area contributed by atoms with E-state index in [-0.39, 0.29) is 0 Å². The largest absolute Gasteiger partial charge is 0.302 e. The van der Waals surface area contributed by atoms with E-state index in [0.717, 1.165) is 0 Å². The molecule has 2 unspecified atom stereocenters. The van der Waals surface area contributed by atoms with E-state index in [1.54, 1.807) is 11.3 Å². The maximum atomic E-state index is 3.75. The molecule has 98 valence electrons. The molecule has 2 aromatic rings. The second-order valence-electron chi connectivity index (χ2n) is 4.77. The molecule has 2 heterocycles. The molecule has 0 saturated heterocycles. The monoisotopic (exact) mass is 343 g/mol. The average Bonchev–Trinajstić information content (AvgIpc) is 2.95. The molecule has 2 aromatic heterocycles. The Bertz CT molecular complexity index is 476. The summed E-state index contributed by atoms with van der Waals surface area (Å²) >= 11 is 7.16. The van der Waals surface area contributed by atoms with Crippen molar-refractivity contribution in [3.63, 3.8) is 0 Å². The number of hydrogen-bond donors (Lipinski definition) is 1. The van der Waals surface area contributed by atoms with Gasteiger partial charge in [-0.3, -0.25) is 0 Å². The highest BCUT2D eigenvalue weighted by Crippen LogP contribution is 2.32. The van der Waals surface area contributed by atoms with Crippen LogP contribution in [0.3, 0.4) is 0 Å². The standard InChI is InChI=1S/C14H18BrNS2/c1-9(2)14(12-5-4-8-17-12)16-10(3)11-6-7-13(15)18-11/h4-10,14,16H,1-3H3. The summed E-state index contributed by atoms with van der Waals surface area (Å²) in [6.45, 7) is 6.78. The molecular weight excluding hydrogens is 326 g/mol. The van der Waals surface area contributed by atoms with Gasteiger partial charge >= 0.3 is 0 Å². The van der Waals surface area contributed by atoms with Gasteiger partial charge in [0.15, 0.2) is 0 Å². The minimum atomic E-state index is 0.385. The molecule has 0 amide bonds. The predicted octanol–water partition coefficient (Wildman–Crippen LogP) is 5.62. The molecule has 18 heavy (non-hydrogen) atoms. The average molecular weight is 344 g/mol. The molecule has 0 aromatic carbocycles. The van der Waals surface area contributed by atoms with Crippen molar-refractivity contribution in [3.05, 3.63) is 43.2 Å². The molecule has 0 fully saturated rings. The van der Waals surface area contributed by atoms with Crippen molar-refractivity contribution in [3.8, 4) is 0 Å². The first-order chi connectivity index (χ1) is 8.58. The zero-order chi connectivity index (χ0) is 13.1. The van der Waals surface area contributed by atoms with E-state index >= 15 is 0 Å². The second kappa shape index (κ2) is 6.33. The lowest BCUT2D eigenvalue weighted by Crippen LogP contribution is -2.27. The zero-order valence-corrected chi connectivity index (χ0v) is 14.0. The van der Waals surface area contributed by atoms with Gasteiger partial charge in [-0.05, 0) is 52.4 Å². The lowest BCUT2D eigenvalue weighted by atomic mass is 10.0. The van der Waals surface area contributed by atoms with Crippen LogP contribution in [0.25, 0.3) is 0 Å². The number of nitrogens with one attached hydrogen (secondary N) is 1. The number of halogens is 1. The fraction of sp³-hybridized carbons (Fsp3) is 0.429. The maximum absolute atomic E-state index is 3.75. The Kier molecular flexibility index (Phi) is 5.01. The Morgan fingerprint density at radius 1 is 1.11 bits per heavy atom. The molecule has 0 aliphatic heterocycles. The third-order valence-electron chi connectivity index (χ3n) is 2.97. The number of rotatable bonds is 5. The molecule has 0 aliphatic rings. The summed E-state index contributed by atoms with van der Waals surface area (Å²) < 4.78 is 1.20. The third kappa shape index (κ3) is 3.44. The van der Waals surface area contributed by atoms with Gasteiger partial charge in [-0.15, -0.1) is 22.7 Å². The molecule has 2 atom stereocenters. The highest BCUT2D eigenvalue weighted by atomic mass is 79.9. The van der Waals surface area contributed by atoms with E-state index in [1.165, 1.54) is 13.5 Å². The highest BCUT2D eigenvalue weighted by molar-refractivity contribution is 9.11. The summed E-state index contributed by atoms with van der Waals surface area (Å²) in [7, 11) is 0. The van der Waals surface area contributed by atoms with Crippen LogP contribution in [0.4, 0.5) is 0 Å². The van der Waals surface area contributed by atoms with Crippen LogP contribution in [0.2, 0.25) is 0 Å². The van der Waals surface area contributed by atoms with Gasteiger partial charge in [-0.25, -0.2) is 0 Å². The summed E-state index contributed by atoms with van der Waals surface area (Å²) in [5.74, 6) is 0.592. The van der Waals surface area contributed by atoms with Crippen LogP contribution in [0, 0.1) is 5.92 Å². The van der Waals surface area contributed by atoms with Crippen molar-refractivity contribution in [1.82, 2.24) is 5.32 Å². The number of hydrogen-bond acceptors (Lipinski definition) is 3. The Hall–Kier alpha value is -0.160. The SMILES string of the molecule is CC(NC(c1cccs1)C(C)C)c1ccc(Br)s1. The normalized spacial score (nSPS) is 14.9. The fourth-order valence-electron chi connectivity index (χ4n) is 1.98. The summed E-state index contributed by atoms with van der Waals surface area (Å²) in [5.41, 5.74) is 0. The molecule has 2 rings (SSSR count). The first-order valence-corrected chi connectivity index (χ1v) is 8.61. The van der Waals surface area contributed by atoms with Gasteiger partial charge in [0.05, 0.1) is 3.79 Å². The van der Waals surface area contributed by atoms with Crippen LogP contribution in [0.15, 0.2) is 33.4 Å². The summed E-state index contributed by atoms with van der Waals surface area (Å²) in [6.07, 6.45) is 0. The highest BCUT2D eigenvalue weighted by Gasteiger charge is 2.20. The molecule has 4 heteroatoms. The van der Waals surface area contributed by atoms with Gasteiger partial charge in [-0.1, -0.05) is 19.9 Å². The first kappa shape index (κ1) is 14.3. The summed E-state index contributed by atoms with van der Waals surface area (Å²) in [4.78, 5) is 2.80. The quantitative estimate of drug-likeness (QED) is 0.742. The van der Waals surface area contributed by atoms with E-state index < -0.39 is 0 Å². The zero-order valence-electron chi connectivity index (χ0n) is 10.8. The van der Waals surface area contributed by atoms with Gasteiger partial charge in [0.2, 0.25) is 0 Å². The second-order valence-corrected chi connectivity index (χ2v) is 8.24. The van der Waals surface area contributed by atoms with Gasteiger partial charge in [-0.2, -0.15) is 0 Å². The first-order valence-electron chi connectivity index (χ1n) is 6.12. The predicted molar refractivity (Wildman–Crippen MR) is 85.5 cm³/mol. The van der Waals surface area contributed by atoms with E-state index in [9.17, 15) is 0 Å². The molecule has 0 spiro atoms. The molecule has 1 N–H and O–H groups in total. The van der Waals surface area contributed by atoms with Gasteiger partial charge in [0, 0.05) is 21.8 Å². The van der Waals surface area contributed by atoms with Crippen molar-refractivity contribution < 1.29 is 0 Å². The lowest BCUT2D eigenvalue weighted by molar-refractivity contribution is 0.382. The van der Waals surface area contributed by atoms with Crippen LogP contribution in [-0.2, 0) is 0 Å². The van der Waals surface area contributed by atoms with Crippen LogP contribution in [0.5, 0.6) is 0 Å². The van der Waals surface area contributed by atoms with Crippen LogP contribution in [-0.4, -0.2) is 0 Å². The molecule has 1 nitrogen and oxygen atoms in total. The van der Waals surface area contributed by atoms with E-state index in [2.05, 4.69) is 71.7 Å². The van der Waals surface area contributed by atoms with Crippen LogP contribution < -0.4 is 5.32 Å². The molecular formula is C14H18BrNS2. The minimum Gasteiger partial charge on any atom is -0.302 e. The van der Waals surface area contributed by atoms with Gasteiger partial charge in [0.25, 0.3) is 0 Å². The van der Waals surface area contributed by atoms with Crippen molar-refractivity contribution in [2.24, 2.45) is 5.92 Å². The third-order valence-corrected chi connectivity index (χ3v) is 5.73. The molecule has 0 aliphatic carbocycles. The van der Waals surface area contributed by atoms with Crippen molar-refractivity contribution in [2.75, 3.05) is 0 Å². The van der Waals surface area contributed by atoms with Crippen LogP contribution in [0.1, 0.15) is 42.6 Å². The number of thiophene rings is 2. The fourth-order valence-corrected chi connectivity index (χ4v) is 4.38. The maximum Gasteiger partial charge on any atom is 0.0701 e. The summed E-state index contributed by atoms with van der Waals surface area (Å²) in [5, 5.41) is 5.90. The smallest absolute Gasteiger partial charge is 0.0701 e. The van der Waals surface area contributed by atoms with Gasteiger partial charge < -0.3 is 5.32 Å². The molecule has 0 bridgehead atoms. The topological polar surface area (TPSA) is 12.0 Å². The lowest BCUT2D eigenvalue weighted by Gasteiger charge is -2.25. The van der Waals surface area contributed by atoms with E-state index in [1.807, 2.05) is 11.3 Å². The Labute approximate surface area is 125 Å². The Morgan fingerprint density at radius 2 is 1.89 bits per heavy atom.